The molecule has 1 aliphatic heterocycles. The summed E-state index contributed by atoms with van der Waals surface area (Å²) < 4.78 is 32.9. The van der Waals surface area contributed by atoms with Gasteiger partial charge < -0.3 is 20.1 Å². The molecule has 0 amide bonds. The number of rotatable bonds is 6. The fourth-order valence-corrected chi connectivity index (χ4v) is 5.48. The van der Waals surface area contributed by atoms with Crippen LogP contribution in [0.15, 0.2) is 48.5 Å². The number of aryl methyl sites for hydroxylation is 1. The summed E-state index contributed by atoms with van der Waals surface area (Å²) in [4.78, 5) is 0. The number of ether oxygens (including phenoxy) is 1. The standard InChI is InChI=1S/C27H32F2O4S/c1-3-34-26-24(32)22(30)23(31)25(33-26)20-7-4-16(2)21(15-20)14-17-5-8-18(9-6-17)19-10-12-27(28,29)13-11-19/h4-10,15,22-26,30-32H,3,11-14H2,1-2H3/t22-,23-,24?,25?,26-/m1/s1. The maximum absolute atomic E-state index is 13.4. The van der Waals surface area contributed by atoms with Crippen LogP contribution >= 0.6 is 11.8 Å². The lowest BCUT2D eigenvalue weighted by molar-refractivity contribution is -0.200. The number of thioether (sulfide) groups is 1. The second-order valence-electron chi connectivity index (χ2n) is 9.20. The van der Waals surface area contributed by atoms with Gasteiger partial charge in [-0.1, -0.05) is 55.5 Å². The lowest BCUT2D eigenvalue weighted by Gasteiger charge is -2.40. The van der Waals surface area contributed by atoms with Crippen LogP contribution in [0.3, 0.4) is 0 Å². The normalized spacial score (nSPS) is 29.0. The second-order valence-corrected chi connectivity index (χ2v) is 10.6. The first-order valence-electron chi connectivity index (χ1n) is 11.8. The van der Waals surface area contributed by atoms with Gasteiger partial charge in [-0.3, -0.25) is 0 Å². The van der Waals surface area contributed by atoms with E-state index in [1.165, 1.54) is 11.8 Å². The largest absolute Gasteiger partial charge is 0.387 e. The fraction of sp³-hybridized carbons (Fsp3) is 0.481. The Kier molecular flexibility index (Phi) is 7.79. The van der Waals surface area contributed by atoms with Crippen LogP contribution < -0.4 is 0 Å². The molecule has 1 heterocycles. The van der Waals surface area contributed by atoms with Crippen molar-refractivity contribution in [2.24, 2.45) is 0 Å². The summed E-state index contributed by atoms with van der Waals surface area (Å²) in [5.74, 6) is -1.88. The van der Waals surface area contributed by atoms with Gasteiger partial charge in [-0.15, -0.1) is 11.8 Å². The van der Waals surface area contributed by atoms with E-state index in [9.17, 15) is 24.1 Å². The molecule has 2 unspecified atom stereocenters. The van der Waals surface area contributed by atoms with Gasteiger partial charge in [0.25, 0.3) is 5.92 Å². The third-order valence-corrected chi connectivity index (χ3v) is 7.78. The lowest BCUT2D eigenvalue weighted by Crippen LogP contribution is -2.53. The van der Waals surface area contributed by atoms with Gasteiger partial charge in [0.2, 0.25) is 0 Å². The monoisotopic (exact) mass is 490 g/mol. The van der Waals surface area contributed by atoms with Crippen molar-refractivity contribution in [3.8, 4) is 0 Å². The molecule has 0 radical (unpaired) electrons. The molecule has 1 aliphatic carbocycles. The number of hydrogen-bond acceptors (Lipinski definition) is 5. The zero-order valence-corrected chi connectivity index (χ0v) is 20.3. The predicted octanol–water partition coefficient (Wildman–Crippen LogP) is 5.02. The highest BCUT2D eigenvalue weighted by Crippen LogP contribution is 2.38. The van der Waals surface area contributed by atoms with Crippen LogP contribution in [0.5, 0.6) is 0 Å². The maximum atomic E-state index is 13.4. The molecule has 4 rings (SSSR count). The van der Waals surface area contributed by atoms with E-state index in [1.54, 1.807) is 6.08 Å². The Morgan fingerprint density at radius 3 is 2.41 bits per heavy atom. The number of aliphatic hydroxyl groups excluding tert-OH is 3. The van der Waals surface area contributed by atoms with Crippen LogP contribution in [0, 0.1) is 6.92 Å². The van der Waals surface area contributed by atoms with Crippen LogP contribution in [0.2, 0.25) is 0 Å². The molecule has 2 aromatic rings. The first-order chi connectivity index (χ1) is 16.2. The number of halogens is 2. The molecule has 1 saturated heterocycles. The highest BCUT2D eigenvalue weighted by atomic mass is 32.2. The van der Waals surface area contributed by atoms with E-state index < -0.39 is 35.8 Å². The third kappa shape index (κ3) is 5.55. The number of allylic oxidation sites excluding steroid dienone is 2. The summed E-state index contributed by atoms with van der Waals surface area (Å²) in [5.41, 5.74) is 5.35. The minimum absolute atomic E-state index is 0.106. The van der Waals surface area contributed by atoms with Crippen molar-refractivity contribution < 1.29 is 28.8 Å². The molecule has 2 aliphatic rings. The van der Waals surface area contributed by atoms with Crippen molar-refractivity contribution in [3.63, 3.8) is 0 Å². The minimum atomic E-state index is -2.59. The second kappa shape index (κ2) is 10.5. The molecular formula is C27H32F2O4S. The Labute approximate surface area is 203 Å². The maximum Gasteiger partial charge on any atom is 0.251 e. The first kappa shape index (κ1) is 25.3. The van der Waals surface area contributed by atoms with Gasteiger partial charge in [-0.05, 0) is 58.9 Å². The van der Waals surface area contributed by atoms with Crippen molar-refractivity contribution in [2.45, 2.75) is 75.3 Å². The lowest BCUT2D eigenvalue weighted by atomic mass is 9.89. The molecule has 34 heavy (non-hydrogen) atoms. The number of hydrogen-bond donors (Lipinski definition) is 3. The number of benzene rings is 2. The van der Waals surface area contributed by atoms with Crippen molar-refractivity contribution in [3.05, 3.63) is 76.4 Å². The van der Waals surface area contributed by atoms with Gasteiger partial charge in [-0.2, -0.15) is 0 Å². The van der Waals surface area contributed by atoms with E-state index in [0.717, 1.165) is 33.4 Å². The Hall–Kier alpha value is -1.77. The van der Waals surface area contributed by atoms with E-state index >= 15 is 0 Å². The number of aliphatic hydroxyl groups is 3. The molecule has 2 aromatic carbocycles. The summed E-state index contributed by atoms with van der Waals surface area (Å²) in [6, 6.07) is 13.9. The Bertz CT molecular complexity index is 1020. The van der Waals surface area contributed by atoms with Crippen molar-refractivity contribution >= 4 is 17.3 Å². The van der Waals surface area contributed by atoms with E-state index in [2.05, 4.69) is 0 Å². The van der Waals surface area contributed by atoms with Crippen molar-refractivity contribution in [2.75, 3.05) is 5.75 Å². The smallest absolute Gasteiger partial charge is 0.251 e. The van der Waals surface area contributed by atoms with Crippen LogP contribution in [0.4, 0.5) is 8.78 Å². The molecule has 0 bridgehead atoms. The topological polar surface area (TPSA) is 69.9 Å². The Morgan fingerprint density at radius 1 is 1.03 bits per heavy atom. The zero-order chi connectivity index (χ0) is 24.5. The molecule has 0 aromatic heterocycles. The van der Waals surface area contributed by atoms with Gasteiger partial charge in [-0.25, -0.2) is 8.78 Å². The molecule has 3 N–H and O–H groups in total. The minimum Gasteiger partial charge on any atom is -0.387 e. The summed E-state index contributed by atoms with van der Waals surface area (Å²) >= 11 is 1.40. The molecule has 184 valence electrons. The highest BCUT2D eigenvalue weighted by molar-refractivity contribution is 7.99. The Balaban J connectivity index is 1.51. The summed E-state index contributed by atoms with van der Waals surface area (Å²) in [7, 11) is 0. The summed E-state index contributed by atoms with van der Waals surface area (Å²) in [5, 5.41) is 31.2. The molecule has 1 fully saturated rings. The average molecular weight is 491 g/mol. The van der Waals surface area contributed by atoms with E-state index in [1.807, 2.05) is 56.3 Å². The van der Waals surface area contributed by atoms with Gasteiger partial charge in [0.05, 0.1) is 0 Å². The fourth-order valence-electron chi connectivity index (χ4n) is 4.60. The van der Waals surface area contributed by atoms with Gasteiger partial charge >= 0.3 is 0 Å². The van der Waals surface area contributed by atoms with Crippen molar-refractivity contribution in [1.29, 1.82) is 0 Å². The molecule has 0 spiro atoms. The SMILES string of the molecule is CCS[C@H]1OC(c2ccc(C)c(Cc3ccc(C4=CCC(F)(F)CC4)cc3)c2)[C@H](O)[C@@H](O)C1O. The zero-order valence-electron chi connectivity index (χ0n) is 19.5. The van der Waals surface area contributed by atoms with Crippen LogP contribution in [0.1, 0.15) is 60.1 Å². The van der Waals surface area contributed by atoms with Crippen LogP contribution in [0.25, 0.3) is 5.57 Å². The predicted molar refractivity (Wildman–Crippen MR) is 131 cm³/mol. The summed E-state index contributed by atoms with van der Waals surface area (Å²) in [6.07, 6.45) is -2.00. The third-order valence-electron chi connectivity index (χ3n) is 6.73. The van der Waals surface area contributed by atoms with E-state index in [-0.39, 0.29) is 12.8 Å². The summed E-state index contributed by atoms with van der Waals surface area (Å²) in [6.45, 7) is 3.97. The molecule has 0 saturated carbocycles. The molecule has 7 heteroatoms. The molecular weight excluding hydrogens is 458 g/mol. The van der Waals surface area contributed by atoms with Crippen LogP contribution in [-0.4, -0.2) is 50.7 Å². The first-order valence-corrected chi connectivity index (χ1v) is 12.8. The van der Waals surface area contributed by atoms with Crippen molar-refractivity contribution in [1.82, 2.24) is 0 Å². The quantitative estimate of drug-likeness (QED) is 0.530. The average Bonchev–Trinajstić information content (AvgIpc) is 2.82. The molecule has 4 nitrogen and oxygen atoms in total. The van der Waals surface area contributed by atoms with Gasteiger partial charge in [0, 0.05) is 12.8 Å². The highest BCUT2D eigenvalue weighted by Gasteiger charge is 2.44. The van der Waals surface area contributed by atoms with E-state index in [0.29, 0.717) is 18.6 Å². The van der Waals surface area contributed by atoms with Gasteiger partial charge in [0.1, 0.15) is 29.9 Å². The number of alkyl halides is 2. The van der Waals surface area contributed by atoms with Crippen LogP contribution in [-0.2, 0) is 11.2 Å². The Morgan fingerprint density at radius 2 is 1.76 bits per heavy atom. The van der Waals surface area contributed by atoms with E-state index in [4.69, 9.17) is 4.74 Å². The van der Waals surface area contributed by atoms with Gasteiger partial charge in [0.15, 0.2) is 0 Å². The molecule has 5 atom stereocenters.